The predicted octanol–water partition coefficient (Wildman–Crippen LogP) is -0.110. The van der Waals surface area contributed by atoms with Crippen LogP contribution in [0.5, 0.6) is 0 Å². The second kappa shape index (κ2) is 5.25. The Labute approximate surface area is 94.0 Å². The molecule has 1 aliphatic heterocycles. The smallest absolute Gasteiger partial charge is 0.192 e. The van der Waals surface area contributed by atoms with Crippen molar-refractivity contribution in [3.63, 3.8) is 0 Å². The van der Waals surface area contributed by atoms with Crippen molar-refractivity contribution in [2.75, 3.05) is 32.8 Å². The van der Waals surface area contributed by atoms with Crippen LogP contribution in [0.25, 0.3) is 0 Å². The van der Waals surface area contributed by atoms with Crippen LogP contribution in [0, 0.1) is 0 Å². The molecule has 0 amide bonds. The van der Waals surface area contributed by atoms with Crippen molar-refractivity contribution < 1.29 is 14.6 Å². The number of aliphatic hydroxyl groups is 1. The van der Waals surface area contributed by atoms with Crippen molar-refractivity contribution in [1.82, 2.24) is 9.88 Å². The molecule has 16 heavy (non-hydrogen) atoms. The third kappa shape index (κ3) is 2.69. The van der Waals surface area contributed by atoms with Crippen molar-refractivity contribution in [2.45, 2.75) is 6.10 Å². The van der Waals surface area contributed by atoms with Crippen LogP contribution in [0.2, 0.25) is 0 Å². The van der Waals surface area contributed by atoms with E-state index in [1.165, 1.54) is 0 Å². The number of rotatable bonds is 4. The molecule has 1 aliphatic rings. The molecule has 1 aromatic rings. The van der Waals surface area contributed by atoms with Gasteiger partial charge in [-0.2, -0.15) is 0 Å². The minimum Gasteiger partial charge on any atom is -0.394 e. The summed E-state index contributed by atoms with van der Waals surface area (Å²) in [6, 6.07) is 3.58. The number of hydrogen-bond donors (Lipinski definition) is 2. The van der Waals surface area contributed by atoms with Crippen LogP contribution >= 0.6 is 0 Å². The van der Waals surface area contributed by atoms with Crippen LogP contribution in [0.15, 0.2) is 18.3 Å². The molecule has 1 fully saturated rings. The Morgan fingerprint density at radius 1 is 1.69 bits per heavy atom. The van der Waals surface area contributed by atoms with Crippen LogP contribution in [0.1, 0.15) is 10.5 Å². The molecule has 1 unspecified atom stereocenters. The minimum atomic E-state index is -0.162. The van der Waals surface area contributed by atoms with Crippen LogP contribution in [0.4, 0.5) is 0 Å². The van der Waals surface area contributed by atoms with Gasteiger partial charge in [0, 0.05) is 19.3 Å². The van der Waals surface area contributed by atoms with E-state index >= 15 is 0 Å². The molecule has 2 rings (SSSR count). The molecule has 88 valence electrons. The van der Waals surface area contributed by atoms with Crippen LogP contribution in [-0.2, 0) is 4.74 Å². The van der Waals surface area contributed by atoms with Gasteiger partial charge in [0.1, 0.15) is 0 Å². The van der Waals surface area contributed by atoms with Crippen molar-refractivity contribution in [2.24, 2.45) is 0 Å². The van der Waals surface area contributed by atoms with Gasteiger partial charge in [-0.25, -0.2) is 0 Å². The standard InChI is InChI=1S/C11H16N2O3/c14-8-9-6-13(4-5-16-9)7-11(15)10-2-1-3-12-10/h1-3,9,12,14H,4-8H2. The molecule has 0 aliphatic carbocycles. The number of carbonyl (C=O) groups excluding carboxylic acids is 1. The number of aliphatic hydroxyl groups excluding tert-OH is 1. The number of nitrogens with one attached hydrogen (secondary N) is 1. The Morgan fingerprint density at radius 2 is 2.56 bits per heavy atom. The lowest BCUT2D eigenvalue weighted by Gasteiger charge is -2.31. The summed E-state index contributed by atoms with van der Waals surface area (Å²) >= 11 is 0. The Bertz CT molecular complexity index is 337. The molecule has 0 aromatic carbocycles. The molecule has 1 saturated heterocycles. The van der Waals surface area contributed by atoms with Crippen LogP contribution < -0.4 is 0 Å². The van der Waals surface area contributed by atoms with E-state index in [2.05, 4.69) is 4.98 Å². The van der Waals surface area contributed by atoms with E-state index in [0.717, 1.165) is 6.54 Å². The summed E-state index contributed by atoms with van der Waals surface area (Å²) in [5.74, 6) is 0.0728. The first kappa shape index (κ1) is 11.3. The van der Waals surface area contributed by atoms with Crippen LogP contribution in [0.3, 0.4) is 0 Å². The first-order valence-corrected chi connectivity index (χ1v) is 5.41. The van der Waals surface area contributed by atoms with Gasteiger partial charge in [-0.1, -0.05) is 0 Å². The SMILES string of the molecule is O=C(CN1CCOC(CO)C1)c1ccc[nH]1. The predicted molar refractivity (Wildman–Crippen MR) is 58.4 cm³/mol. The number of carbonyl (C=O) groups is 1. The monoisotopic (exact) mass is 224 g/mol. The molecule has 2 N–H and O–H groups in total. The molecular formula is C11H16N2O3. The Morgan fingerprint density at radius 3 is 3.25 bits per heavy atom. The van der Waals surface area contributed by atoms with Gasteiger partial charge in [0.2, 0.25) is 0 Å². The van der Waals surface area contributed by atoms with Crippen molar-refractivity contribution in [1.29, 1.82) is 0 Å². The summed E-state index contributed by atoms with van der Waals surface area (Å²) in [6.07, 6.45) is 1.58. The number of ketones is 1. The third-order valence-corrected chi connectivity index (χ3v) is 2.69. The maximum atomic E-state index is 11.8. The summed E-state index contributed by atoms with van der Waals surface area (Å²) in [6.45, 7) is 2.31. The number of nitrogens with zero attached hydrogens (tertiary/aromatic N) is 1. The largest absolute Gasteiger partial charge is 0.394 e. The third-order valence-electron chi connectivity index (χ3n) is 2.69. The summed E-state index contributed by atoms with van der Waals surface area (Å²) in [5.41, 5.74) is 0.632. The summed E-state index contributed by atoms with van der Waals surface area (Å²) in [5, 5.41) is 8.98. The minimum absolute atomic E-state index is 0.00714. The first-order valence-electron chi connectivity index (χ1n) is 5.41. The van der Waals surface area contributed by atoms with Gasteiger partial charge in [-0.15, -0.1) is 0 Å². The summed E-state index contributed by atoms with van der Waals surface area (Å²) in [7, 11) is 0. The van der Waals surface area contributed by atoms with E-state index in [-0.39, 0.29) is 18.5 Å². The lowest BCUT2D eigenvalue weighted by atomic mass is 10.2. The molecule has 2 heterocycles. The molecule has 1 aromatic heterocycles. The highest BCUT2D eigenvalue weighted by Crippen LogP contribution is 2.06. The van der Waals surface area contributed by atoms with E-state index in [9.17, 15) is 4.79 Å². The number of Topliss-reactive ketones (excluding diaryl/α,β-unsaturated/α-hetero) is 1. The lowest BCUT2D eigenvalue weighted by molar-refractivity contribution is -0.0503. The fraction of sp³-hybridized carbons (Fsp3) is 0.545. The summed E-state index contributed by atoms with van der Waals surface area (Å²) in [4.78, 5) is 16.7. The number of H-pyrrole nitrogens is 1. The first-order chi connectivity index (χ1) is 7.79. The number of hydrogen-bond acceptors (Lipinski definition) is 4. The second-order valence-corrected chi connectivity index (χ2v) is 3.92. The number of ether oxygens (including phenoxy) is 1. The van der Waals surface area contributed by atoms with Crippen LogP contribution in [-0.4, -0.2) is 59.7 Å². The normalized spacial score (nSPS) is 22.2. The molecule has 0 bridgehead atoms. The fourth-order valence-corrected chi connectivity index (χ4v) is 1.83. The van der Waals surface area contributed by atoms with E-state index in [4.69, 9.17) is 9.84 Å². The number of aromatic amines is 1. The second-order valence-electron chi connectivity index (χ2n) is 3.92. The van der Waals surface area contributed by atoms with Gasteiger partial charge in [0.25, 0.3) is 0 Å². The van der Waals surface area contributed by atoms with E-state index in [1.807, 2.05) is 11.0 Å². The van der Waals surface area contributed by atoms with Gasteiger partial charge in [0.15, 0.2) is 5.78 Å². The average molecular weight is 224 g/mol. The van der Waals surface area contributed by atoms with Gasteiger partial charge in [-0.3, -0.25) is 9.69 Å². The zero-order chi connectivity index (χ0) is 11.4. The van der Waals surface area contributed by atoms with Gasteiger partial charge in [0.05, 0.1) is 31.6 Å². The maximum Gasteiger partial charge on any atom is 0.192 e. The molecular weight excluding hydrogens is 208 g/mol. The van der Waals surface area contributed by atoms with Crippen molar-refractivity contribution >= 4 is 5.78 Å². The fourth-order valence-electron chi connectivity index (χ4n) is 1.83. The molecule has 1 atom stereocenters. The summed E-state index contributed by atoms with van der Waals surface area (Å²) < 4.78 is 5.32. The molecule has 0 radical (unpaired) electrons. The highest BCUT2D eigenvalue weighted by Gasteiger charge is 2.21. The zero-order valence-electron chi connectivity index (χ0n) is 9.06. The maximum absolute atomic E-state index is 11.8. The van der Waals surface area contributed by atoms with Gasteiger partial charge >= 0.3 is 0 Å². The quantitative estimate of drug-likeness (QED) is 0.700. The molecule has 5 nitrogen and oxygen atoms in total. The number of morpholine rings is 1. The Balaban J connectivity index is 1.87. The Kier molecular flexibility index (Phi) is 3.71. The van der Waals surface area contributed by atoms with E-state index < -0.39 is 0 Å². The van der Waals surface area contributed by atoms with Crippen molar-refractivity contribution in [3.8, 4) is 0 Å². The number of aromatic nitrogens is 1. The van der Waals surface area contributed by atoms with Gasteiger partial charge < -0.3 is 14.8 Å². The van der Waals surface area contributed by atoms with Gasteiger partial charge in [-0.05, 0) is 12.1 Å². The highest BCUT2D eigenvalue weighted by molar-refractivity contribution is 5.95. The van der Waals surface area contributed by atoms with E-state index in [0.29, 0.717) is 25.4 Å². The topological polar surface area (TPSA) is 65.6 Å². The van der Waals surface area contributed by atoms with E-state index in [1.54, 1.807) is 12.3 Å². The lowest BCUT2D eigenvalue weighted by Crippen LogP contribution is -2.46. The zero-order valence-corrected chi connectivity index (χ0v) is 9.06. The Hall–Kier alpha value is -1.17. The molecule has 0 spiro atoms. The van der Waals surface area contributed by atoms with Crippen molar-refractivity contribution in [3.05, 3.63) is 24.0 Å². The average Bonchev–Trinajstić information content (AvgIpc) is 2.83. The highest BCUT2D eigenvalue weighted by atomic mass is 16.5. The molecule has 0 saturated carbocycles. The molecule has 5 heteroatoms.